The van der Waals surface area contributed by atoms with Crippen LogP contribution in [0.25, 0.3) is 0 Å². The lowest BCUT2D eigenvalue weighted by molar-refractivity contribution is -0.176. The molecule has 28 heavy (non-hydrogen) atoms. The number of nitrogens with zero attached hydrogens (tertiary/aromatic N) is 1. The molecule has 0 aromatic heterocycles. The van der Waals surface area contributed by atoms with Crippen molar-refractivity contribution in [3.05, 3.63) is 59.7 Å². The van der Waals surface area contributed by atoms with Gasteiger partial charge in [0.25, 0.3) is 0 Å². The Labute approximate surface area is 164 Å². The Bertz CT molecular complexity index is 911. The molecular weight excluding hydrogens is 356 g/mol. The third kappa shape index (κ3) is 3.03. The van der Waals surface area contributed by atoms with Crippen molar-refractivity contribution in [3.8, 4) is 5.75 Å². The molecule has 0 aliphatic carbocycles. The Morgan fingerprint density at radius 1 is 1.25 bits per heavy atom. The number of rotatable bonds is 4. The first-order chi connectivity index (χ1) is 13.4. The third-order valence-corrected chi connectivity index (χ3v) is 5.68. The molecule has 0 radical (unpaired) electrons. The van der Waals surface area contributed by atoms with Crippen LogP contribution in [0.2, 0.25) is 0 Å². The first-order valence-electron chi connectivity index (χ1n) is 9.51. The molecule has 4 rings (SSSR count). The summed E-state index contributed by atoms with van der Waals surface area (Å²) in [5.74, 6) is -1.11. The summed E-state index contributed by atoms with van der Waals surface area (Å²) >= 11 is 0. The lowest BCUT2D eigenvalue weighted by Crippen LogP contribution is -2.64. The molecule has 2 amide bonds. The van der Waals surface area contributed by atoms with Gasteiger partial charge in [0.05, 0.1) is 6.61 Å². The maximum absolute atomic E-state index is 13.3. The van der Waals surface area contributed by atoms with E-state index in [1.807, 2.05) is 62.4 Å². The van der Waals surface area contributed by atoms with Crippen molar-refractivity contribution >= 4 is 17.5 Å². The van der Waals surface area contributed by atoms with E-state index in [1.54, 1.807) is 0 Å². The zero-order chi connectivity index (χ0) is 19.9. The molecule has 146 valence electrons. The highest BCUT2D eigenvalue weighted by molar-refractivity contribution is 6.08. The van der Waals surface area contributed by atoms with Crippen LogP contribution in [0.15, 0.2) is 48.5 Å². The summed E-state index contributed by atoms with van der Waals surface area (Å²) in [5, 5.41) is 12.4. The number of carbonyl (C=O) groups is 2. The molecule has 1 saturated heterocycles. The molecule has 2 heterocycles. The second kappa shape index (κ2) is 6.95. The molecule has 2 bridgehead atoms. The molecule has 2 aromatic carbocycles. The second-order valence-electron chi connectivity index (χ2n) is 7.67. The second-order valence-corrected chi connectivity index (χ2v) is 7.67. The van der Waals surface area contributed by atoms with Gasteiger partial charge in [-0.25, -0.2) is 0 Å². The van der Waals surface area contributed by atoms with E-state index in [4.69, 9.17) is 4.74 Å². The van der Waals surface area contributed by atoms with Gasteiger partial charge in [0.1, 0.15) is 11.7 Å². The number of fused-ring (bicyclic) bond motifs is 4. The number of piperidine rings is 1. The van der Waals surface area contributed by atoms with E-state index in [0.717, 1.165) is 11.1 Å². The van der Waals surface area contributed by atoms with E-state index in [9.17, 15) is 14.7 Å². The Balaban J connectivity index is 1.72. The van der Waals surface area contributed by atoms with Crippen LogP contribution in [0.4, 0.5) is 5.69 Å². The SMILES string of the molecule is Cc1ccc(NC(=O)C2C(=O)N(CCO)[C@@]3(C)C[C@H]2c2ccccc2O3)cc1. The van der Waals surface area contributed by atoms with Crippen LogP contribution in [-0.4, -0.2) is 40.7 Å². The Morgan fingerprint density at radius 2 is 1.96 bits per heavy atom. The van der Waals surface area contributed by atoms with Crippen molar-refractivity contribution in [1.29, 1.82) is 0 Å². The summed E-state index contributed by atoms with van der Waals surface area (Å²) < 4.78 is 6.15. The monoisotopic (exact) mass is 380 g/mol. The van der Waals surface area contributed by atoms with E-state index in [2.05, 4.69) is 5.32 Å². The Hall–Kier alpha value is -2.86. The molecule has 6 nitrogen and oxygen atoms in total. The molecule has 1 fully saturated rings. The maximum atomic E-state index is 13.3. The molecule has 0 saturated carbocycles. The highest BCUT2D eigenvalue weighted by Crippen LogP contribution is 2.50. The molecule has 2 N–H and O–H groups in total. The summed E-state index contributed by atoms with van der Waals surface area (Å²) in [6.45, 7) is 3.75. The third-order valence-electron chi connectivity index (χ3n) is 5.68. The van der Waals surface area contributed by atoms with Crippen molar-refractivity contribution in [2.24, 2.45) is 5.92 Å². The van der Waals surface area contributed by atoms with Crippen LogP contribution in [0.3, 0.4) is 0 Å². The fraction of sp³-hybridized carbons (Fsp3) is 0.364. The van der Waals surface area contributed by atoms with Crippen LogP contribution in [0.1, 0.15) is 30.4 Å². The normalized spacial score (nSPS) is 25.7. The van der Waals surface area contributed by atoms with E-state index >= 15 is 0 Å². The predicted molar refractivity (Wildman–Crippen MR) is 105 cm³/mol. The van der Waals surface area contributed by atoms with Crippen molar-refractivity contribution in [2.45, 2.75) is 31.9 Å². The number of aryl methyl sites for hydroxylation is 1. The number of β-amino-alcohol motifs (C(OH)–C–C–N with tert-alkyl or cyclic N) is 1. The van der Waals surface area contributed by atoms with Crippen LogP contribution < -0.4 is 10.1 Å². The van der Waals surface area contributed by atoms with Gasteiger partial charge in [0, 0.05) is 24.6 Å². The van der Waals surface area contributed by atoms with Gasteiger partial charge in [-0.15, -0.1) is 0 Å². The lowest BCUT2D eigenvalue weighted by atomic mass is 9.73. The highest BCUT2D eigenvalue weighted by Gasteiger charge is 2.55. The smallest absolute Gasteiger partial charge is 0.238 e. The molecule has 1 unspecified atom stereocenters. The molecule has 2 aliphatic heterocycles. The quantitative estimate of drug-likeness (QED) is 0.800. The van der Waals surface area contributed by atoms with Gasteiger partial charge in [0.15, 0.2) is 5.72 Å². The fourth-order valence-electron chi connectivity index (χ4n) is 4.31. The summed E-state index contributed by atoms with van der Waals surface area (Å²) in [6, 6.07) is 15.0. The van der Waals surface area contributed by atoms with Gasteiger partial charge in [0.2, 0.25) is 11.8 Å². The first kappa shape index (κ1) is 18.5. The number of anilines is 1. The zero-order valence-corrected chi connectivity index (χ0v) is 16.0. The molecule has 6 heteroatoms. The number of para-hydroxylation sites is 1. The van der Waals surface area contributed by atoms with Crippen molar-refractivity contribution in [3.63, 3.8) is 0 Å². The average Bonchev–Trinajstić information content (AvgIpc) is 2.67. The van der Waals surface area contributed by atoms with Crippen LogP contribution in [0, 0.1) is 12.8 Å². The Kier molecular flexibility index (Phi) is 4.59. The molecule has 0 spiro atoms. The number of ether oxygens (including phenoxy) is 1. The van der Waals surface area contributed by atoms with Gasteiger partial charge < -0.3 is 20.1 Å². The van der Waals surface area contributed by atoms with E-state index in [1.165, 1.54) is 4.90 Å². The number of aliphatic hydroxyl groups excluding tert-OH is 1. The number of likely N-dealkylation sites (tertiary alicyclic amines) is 1. The van der Waals surface area contributed by atoms with Crippen molar-refractivity contribution in [2.75, 3.05) is 18.5 Å². The number of hydrogen-bond donors (Lipinski definition) is 2. The van der Waals surface area contributed by atoms with Gasteiger partial charge in [-0.05, 0) is 37.6 Å². The zero-order valence-electron chi connectivity index (χ0n) is 16.0. The van der Waals surface area contributed by atoms with E-state index in [0.29, 0.717) is 17.9 Å². The average molecular weight is 380 g/mol. The number of carbonyl (C=O) groups excluding carboxylic acids is 2. The summed E-state index contributed by atoms with van der Waals surface area (Å²) in [5.41, 5.74) is 1.75. The van der Waals surface area contributed by atoms with Gasteiger partial charge in [-0.1, -0.05) is 35.9 Å². The molecular formula is C22H24N2O4. The van der Waals surface area contributed by atoms with Gasteiger partial charge in [-0.3, -0.25) is 9.59 Å². The minimum absolute atomic E-state index is 0.124. The summed E-state index contributed by atoms with van der Waals surface area (Å²) in [7, 11) is 0. The number of nitrogens with one attached hydrogen (secondary N) is 1. The maximum Gasteiger partial charge on any atom is 0.238 e. The van der Waals surface area contributed by atoms with Crippen LogP contribution in [0.5, 0.6) is 5.75 Å². The minimum atomic E-state index is -0.876. The van der Waals surface area contributed by atoms with Gasteiger partial charge in [-0.2, -0.15) is 0 Å². The highest BCUT2D eigenvalue weighted by atomic mass is 16.5. The van der Waals surface area contributed by atoms with E-state index < -0.39 is 11.6 Å². The van der Waals surface area contributed by atoms with Crippen LogP contribution in [-0.2, 0) is 9.59 Å². The number of amides is 2. The van der Waals surface area contributed by atoms with E-state index in [-0.39, 0.29) is 30.9 Å². The topological polar surface area (TPSA) is 78.9 Å². The summed E-state index contributed by atoms with van der Waals surface area (Å²) in [6.07, 6.45) is 0.502. The summed E-state index contributed by atoms with van der Waals surface area (Å²) in [4.78, 5) is 28.0. The van der Waals surface area contributed by atoms with Crippen LogP contribution >= 0.6 is 0 Å². The standard InChI is InChI=1S/C22H24N2O4/c1-14-7-9-15(10-8-14)23-20(26)19-17-13-22(2,24(11-12-25)21(19)27)28-18-6-4-3-5-16(17)18/h3-10,17,19,25H,11-13H2,1-2H3,(H,23,26)/t17-,19?,22+/m0/s1. The minimum Gasteiger partial charge on any atom is -0.468 e. The predicted octanol–water partition coefficient (Wildman–Crippen LogP) is 2.67. The number of benzene rings is 2. The largest absolute Gasteiger partial charge is 0.468 e. The molecule has 2 aromatic rings. The lowest BCUT2D eigenvalue weighted by Gasteiger charge is -2.52. The molecule has 2 aliphatic rings. The number of hydrogen-bond acceptors (Lipinski definition) is 4. The van der Waals surface area contributed by atoms with Crippen molar-refractivity contribution < 1.29 is 19.4 Å². The first-order valence-corrected chi connectivity index (χ1v) is 9.51. The fourth-order valence-corrected chi connectivity index (χ4v) is 4.31. The van der Waals surface area contributed by atoms with Gasteiger partial charge >= 0.3 is 0 Å². The number of aliphatic hydroxyl groups is 1. The molecule has 3 atom stereocenters. The Morgan fingerprint density at radius 3 is 2.68 bits per heavy atom. The van der Waals surface area contributed by atoms with Crippen molar-refractivity contribution in [1.82, 2.24) is 4.90 Å².